The Kier molecular flexibility index (Phi) is 5.34. The van der Waals surface area contributed by atoms with Gasteiger partial charge in [-0.3, -0.25) is 9.59 Å². The highest BCUT2D eigenvalue weighted by Crippen LogP contribution is 2.31. The number of hydrogen-bond acceptors (Lipinski definition) is 4. The number of esters is 1. The largest absolute Gasteiger partial charge is 0.465 e. The summed E-state index contributed by atoms with van der Waals surface area (Å²) in [7, 11) is 1.37. The summed E-state index contributed by atoms with van der Waals surface area (Å²) in [6.45, 7) is 1.39. The Morgan fingerprint density at radius 3 is 2.45 bits per heavy atom. The van der Waals surface area contributed by atoms with Crippen molar-refractivity contribution in [3.63, 3.8) is 0 Å². The normalized spacial score (nSPS) is 16.0. The number of rotatable bonds is 4. The maximum absolute atomic E-state index is 13.0. The molecule has 2 heterocycles. The number of nitrogens with zero attached hydrogens (tertiary/aromatic N) is 2. The molecule has 1 saturated heterocycles. The van der Waals surface area contributed by atoms with Crippen LogP contribution in [0.3, 0.4) is 0 Å². The van der Waals surface area contributed by atoms with Crippen LogP contribution in [0.2, 0.25) is 0 Å². The molecule has 0 bridgehead atoms. The fourth-order valence-corrected chi connectivity index (χ4v) is 4.17. The molecule has 0 aliphatic carbocycles. The standard InChI is InChI=1S/C23H24N2O4/c1-29-23(28)19-5-2-7-20-18(19)6-3-14-25(20)22(27)15-16-9-11-17(12-10-16)24-13-4-8-21(24)26/h2,5,7,9-12H,3-4,6,8,13-15H2,1H3. The summed E-state index contributed by atoms with van der Waals surface area (Å²) in [4.78, 5) is 40.5. The molecular weight excluding hydrogens is 368 g/mol. The van der Waals surface area contributed by atoms with Crippen molar-refractivity contribution in [1.29, 1.82) is 0 Å². The topological polar surface area (TPSA) is 66.9 Å². The Labute approximate surface area is 170 Å². The van der Waals surface area contributed by atoms with E-state index in [9.17, 15) is 14.4 Å². The highest BCUT2D eigenvalue weighted by molar-refractivity contribution is 5.99. The number of fused-ring (bicyclic) bond motifs is 1. The second-order valence-corrected chi connectivity index (χ2v) is 7.44. The third kappa shape index (κ3) is 3.75. The van der Waals surface area contributed by atoms with E-state index < -0.39 is 0 Å². The van der Waals surface area contributed by atoms with Crippen LogP contribution in [-0.2, 0) is 27.2 Å². The third-order valence-corrected chi connectivity index (χ3v) is 5.63. The van der Waals surface area contributed by atoms with Crippen LogP contribution in [-0.4, -0.2) is 38.0 Å². The summed E-state index contributed by atoms with van der Waals surface area (Å²) in [5.41, 5.74) is 3.99. The first-order chi connectivity index (χ1) is 14.1. The van der Waals surface area contributed by atoms with Gasteiger partial charge in [0.2, 0.25) is 11.8 Å². The van der Waals surface area contributed by atoms with Crippen LogP contribution in [0.1, 0.15) is 40.7 Å². The van der Waals surface area contributed by atoms with Gasteiger partial charge in [-0.05, 0) is 54.7 Å². The quantitative estimate of drug-likeness (QED) is 0.750. The Morgan fingerprint density at radius 2 is 1.76 bits per heavy atom. The van der Waals surface area contributed by atoms with E-state index in [1.54, 1.807) is 21.9 Å². The van der Waals surface area contributed by atoms with Crippen molar-refractivity contribution in [2.75, 3.05) is 30.0 Å². The van der Waals surface area contributed by atoms with Crippen molar-refractivity contribution >= 4 is 29.2 Å². The lowest BCUT2D eigenvalue weighted by atomic mass is 9.95. The molecule has 2 aliphatic heterocycles. The number of ether oxygens (including phenoxy) is 1. The highest BCUT2D eigenvalue weighted by atomic mass is 16.5. The van der Waals surface area contributed by atoms with Gasteiger partial charge in [0.05, 0.1) is 19.1 Å². The van der Waals surface area contributed by atoms with E-state index in [0.29, 0.717) is 18.5 Å². The van der Waals surface area contributed by atoms with Gasteiger partial charge < -0.3 is 14.5 Å². The smallest absolute Gasteiger partial charge is 0.338 e. The first-order valence-corrected chi connectivity index (χ1v) is 9.98. The minimum atomic E-state index is -0.372. The third-order valence-electron chi connectivity index (χ3n) is 5.63. The van der Waals surface area contributed by atoms with Gasteiger partial charge in [-0.2, -0.15) is 0 Å². The summed E-state index contributed by atoms with van der Waals surface area (Å²) in [6, 6.07) is 13.1. The van der Waals surface area contributed by atoms with E-state index in [1.165, 1.54) is 7.11 Å². The molecule has 0 N–H and O–H groups in total. The zero-order chi connectivity index (χ0) is 20.4. The highest BCUT2D eigenvalue weighted by Gasteiger charge is 2.26. The van der Waals surface area contributed by atoms with E-state index in [-0.39, 0.29) is 24.2 Å². The number of hydrogen-bond donors (Lipinski definition) is 0. The van der Waals surface area contributed by atoms with Crippen LogP contribution in [0.5, 0.6) is 0 Å². The van der Waals surface area contributed by atoms with Gasteiger partial charge >= 0.3 is 5.97 Å². The maximum Gasteiger partial charge on any atom is 0.338 e. The van der Waals surface area contributed by atoms with Crippen LogP contribution in [0, 0.1) is 0 Å². The molecule has 2 amide bonds. The molecule has 0 saturated carbocycles. The van der Waals surface area contributed by atoms with Crippen molar-refractivity contribution in [3.8, 4) is 0 Å². The van der Waals surface area contributed by atoms with E-state index in [2.05, 4.69) is 0 Å². The Balaban J connectivity index is 1.51. The molecule has 2 aromatic carbocycles. The lowest BCUT2D eigenvalue weighted by molar-refractivity contribution is -0.118. The Morgan fingerprint density at radius 1 is 1.00 bits per heavy atom. The fourth-order valence-electron chi connectivity index (χ4n) is 4.17. The van der Waals surface area contributed by atoms with Crippen molar-refractivity contribution in [3.05, 3.63) is 59.2 Å². The summed E-state index contributed by atoms with van der Waals surface area (Å²) < 4.78 is 4.88. The lowest BCUT2D eigenvalue weighted by Gasteiger charge is -2.30. The molecule has 0 spiro atoms. The average molecular weight is 392 g/mol. The minimum Gasteiger partial charge on any atom is -0.465 e. The van der Waals surface area contributed by atoms with E-state index in [0.717, 1.165) is 48.3 Å². The molecular formula is C23H24N2O4. The van der Waals surface area contributed by atoms with Crippen molar-refractivity contribution < 1.29 is 19.1 Å². The number of amides is 2. The second kappa shape index (κ2) is 8.07. The van der Waals surface area contributed by atoms with Gasteiger partial charge in [0, 0.05) is 30.9 Å². The molecule has 6 nitrogen and oxygen atoms in total. The predicted molar refractivity (Wildman–Crippen MR) is 110 cm³/mol. The monoisotopic (exact) mass is 392 g/mol. The van der Waals surface area contributed by atoms with Gasteiger partial charge in [-0.15, -0.1) is 0 Å². The fraction of sp³-hybridized carbons (Fsp3) is 0.348. The molecule has 0 aromatic heterocycles. The summed E-state index contributed by atoms with van der Waals surface area (Å²) in [5, 5.41) is 0. The van der Waals surface area contributed by atoms with Gasteiger partial charge in [0.15, 0.2) is 0 Å². The van der Waals surface area contributed by atoms with Gasteiger partial charge in [-0.25, -0.2) is 4.79 Å². The van der Waals surface area contributed by atoms with E-state index in [1.807, 2.05) is 30.3 Å². The second-order valence-electron chi connectivity index (χ2n) is 7.44. The Bertz CT molecular complexity index is 952. The number of carbonyl (C=O) groups excluding carboxylic acids is 3. The molecule has 2 aromatic rings. The van der Waals surface area contributed by atoms with Crippen LogP contribution < -0.4 is 9.80 Å². The minimum absolute atomic E-state index is 0.00188. The van der Waals surface area contributed by atoms with Crippen molar-refractivity contribution in [1.82, 2.24) is 0 Å². The number of carbonyl (C=O) groups is 3. The first kappa shape index (κ1) is 19.2. The maximum atomic E-state index is 13.0. The number of methoxy groups -OCH3 is 1. The van der Waals surface area contributed by atoms with Gasteiger partial charge in [0.25, 0.3) is 0 Å². The SMILES string of the molecule is COC(=O)c1cccc2c1CCCN2C(=O)Cc1ccc(N2CCCC2=O)cc1. The first-order valence-electron chi connectivity index (χ1n) is 9.98. The molecule has 29 heavy (non-hydrogen) atoms. The zero-order valence-electron chi connectivity index (χ0n) is 16.5. The molecule has 0 radical (unpaired) electrons. The lowest BCUT2D eigenvalue weighted by Crippen LogP contribution is -2.37. The Hall–Kier alpha value is -3.15. The van der Waals surface area contributed by atoms with Crippen LogP contribution in [0.15, 0.2) is 42.5 Å². The van der Waals surface area contributed by atoms with Gasteiger partial charge in [-0.1, -0.05) is 18.2 Å². The van der Waals surface area contributed by atoms with E-state index in [4.69, 9.17) is 4.74 Å². The molecule has 0 unspecified atom stereocenters. The molecule has 150 valence electrons. The van der Waals surface area contributed by atoms with Crippen LogP contribution in [0.25, 0.3) is 0 Å². The summed E-state index contributed by atoms with van der Waals surface area (Å²) >= 11 is 0. The zero-order valence-corrected chi connectivity index (χ0v) is 16.5. The predicted octanol–water partition coefficient (Wildman–Crippen LogP) is 3.12. The molecule has 4 rings (SSSR count). The molecule has 0 atom stereocenters. The van der Waals surface area contributed by atoms with Gasteiger partial charge in [0.1, 0.15) is 0 Å². The van der Waals surface area contributed by atoms with Crippen LogP contribution >= 0.6 is 0 Å². The summed E-state index contributed by atoms with van der Waals surface area (Å²) in [5.74, 6) is -0.221. The van der Waals surface area contributed by atoms with Crippen LogP contribution in [0.4, 0.5) is 11.4 Å². The van der Waals surface area contributed by atoms with Crippen molar-refractivity contribution in [2.24, 2.45) is 0 Å². The molecule has 2 aliphatic rings. The van der Waals surface area contributed by atoms with E-state index >= 15 is 0 Å². The number of benzene rings is 2. The van der Waals surface area contributed by atoms with Crippen molar-refractivity contribution in [2.45, 2.75) is 32.1 Å². The summed E-state index contributed by atoms with van der Waals surface area (Å²) in [6.07, 6.45) is 3.32. The average Bonchev–Trinajstić information content (AvgIpc) is 3.18. The molecule has 1 fully saturated rings. The molecule has 6 heteroatoms. The number of anilines is 2.